The molecule has 1 aromatic heterocycles. The van der Waals surface area contributed by atoms with Gasteiger partial charge in [-0.05, 0) is 42.9 Å². The van der Waals surface area contributed by atoms with Crippen LogP contribution >= 0.6 is 0 Å². The molecule has 0 spiro atoms. The molecule has 2 aromatic rings. The lowest BCUT2D eigenvalue weighted by Crippen LogP contribution is -2.34. The number of rotatable bonds is 2. The number of carbonyl (C=O) groups is 2. The highest BCUT2D eigenvalue weighted by Crippen LogP contribution is 2.60. The fourth-order valence-corrected chi connectivity index (χ4v) is 6.83. The number of nitrogens with zero attached hydrogens (tertiary/aromatic N) is 4. The molecule has 0 aliphatic heterocycles. The molecule has 8 unspecified atom stereocenters. The summed E-state index contributed by atoms with van der Waals surface area (Å²) in [5.41, 5.74) is -2.83. The van der Waals surface area contributed by atoms with Crippen LogP contribution in [0.3, 0.4) is 0 Å². The largest absolute Gasteiger partial charge is 0.419 e. The Morgan fingerprint density at radius 2 is 1.31 bits per heavy atom. The summed E-state index contributed by atoms with van der Waals surface area (Å²) in [6.07, 6.45) is -4.52. The third kappa shape index (κ3) is 3.96. The van der Waals surface area contributed by atoms with Crippen LogP contribution in [0.4, 0.5) is 26.3 Å². The van der Waals surface area contributed by atoms with E-state index in [1.165, 1.54) is 0 Å². The van der Waals surface area contributed by atoms with E-state index in [0.29, 0.717) is 6.07 Å². The van der Waals surface area contributed by atoms with Crippen LogP contribution in [0.2, 0.25) is 0 Å². The van der Waals surface area contributed by atoms with E-state index in [0.717, 1.165) is 12.3 Å². The minimum atomic E-state index is -5.17. The molecule has 3 aliphatic rings. The molecule has 0 amide bonds. The van der Waals surface area contributed by atoms with Crippen LogP contribution in [0.25, 0.3) is 0 Å². The van der Waals surface area contributed by atoms with Crippen molar-refractivity contribution < 1.29 is 35.9 Å². The van der Waals surface area contributed by atoms with Crippen LogP contribution in [0, 0.1) is 87.0 Å². The molecule has 0 radical (unpaired) electrons. The Hall–Kier alpha value is -4.24. The van der Waals surface area contributed by atoms with Gasteiger partial charge in [-0.15, -0.1) is 0 Å². The first kappa shape index (κ1) is 26.4. The number of halogens is 6. The Morgan fingerprint density at radius 3 is 1.79 bits per heavy atom. The van der Waals surface area contributed by atoms with Crippen molar-refractivity contribution >= 4 is 11.6 Å². The number of hydrogen-bond acceptors (Lipinski definition) is 6. The highest BCUT2D eigenvalue weighted by Gasteiger charge is 2.61. The number of Topliss-reactive ketones (excluding diaryl/α,β-unsaturated/α-hetero) is 2. The molecule has 3 saturated carbocycles. The number of aromatic nitrogens is 1. The van der Waals surface area contributed by atoms with E-state index in [9.17, 15) is 46.5 Å². The summed E-state index contributed by atoms with van der Waals surface area (Å²) in [6, 6.07) is 7.06. The van der Waals surface area contributed by atoms with E-state index in [1.54, 1.807) is 6.07 Å². The molecular formula is C27H16F6N4O2. The SMILES string of the molecule is N#Cc1cc(C2C(=O)C3CC4C(=O)C(c5cc(F)c(C(F)(F)F)cc5F)C(C#N)C4CC3C2C#N)c(F)cn1. The highest BCUT2D eigenvalue weighted by atomic mass is 19.4. The van der Waals surface area contributed by atoms with Crippen LogP contribution in [-0.2, 0) is 15.8 Å². The fraction of sp³-hybridized carbons (Fsp3) is 0.407. The zero-order chi connectivity index (χ0) is 28.4. The number of nitriles is 3. The Kier molecular flexibility index (Phi) is 6.22. The van der Waals surface area contributed by atoms with Crippen molar-refractivity contribution in [2.75, 3.05) is 0 Å². The summed E-state index contributed by atoms with van der Waals surface area (Å²) in [5.74, 6) is -13.8. The topological polar surface area (TPSA) is 118 Å². The van der Waals surface area contributed by atoms with Gasteiger partial charge in [0.1, 0.15) is 40.8 Å². The Bertz CT molecular complexity index is 1530. The lowest BCUT2D eigenvalue weighted by atomic mass is 9.67. The number of carbonyl (C=O) groups excluding carboxylic acids is 2. The lowest BCUT2D eigenvalue weighted by molar-refractivity contribution is -0.140. The zero-order valence-corrected chi connectivity index (χ0v) is 19.7. The van der Waals surface area contributed by atoms with E-state index < -0.39 is 93.7 Å². The van der Waals surface area contributed by atoms with Gasteiger partial charge in [-0.1, -0.05) is 0 Å². The summed E-state index contributed by atoms with van der Waals surface area (Å²) in [5, 5.41) is 29.0. The normalized spacial score (nSPS) is 31.7. The maximum absolute atomic E-state index is 14.8. The average Bonchev–Trinajstić information content (AvgIpc) is 3.33. The van der Waals surface area contributed by atoms with Gasteiger partial charge in [0.05, 0.1) is 47.6 Å². The van der Waals surface area contributed by atoms with Crippen molar-refractivity contribution in [3.63, 3.8) is 0 Å². The molecule has 0 N–H and O–H groups in total. The smallest absolute Gasteiger partial charge is 0.299 e. The van der Waals surface area contributed by atoms with Gasteiger partial charge in [-0.25, -0.2) is 18.2 Å². The first-order valence-electron chi connectivity index (χ1n) is 11.9. The van der Waals surface area contributed by atoms with Gasteiger partial charge < -0.3 is 0 Å². The zero-order valence-electron chi connectivity index (χ0n) is 19.7. The van der Waals surface area contributed by atoms with Gasteiger partial charge >= 0.3 is 6.18 Å². The molecule has 3 fully saturated rings. The molecular weight excluding hydrogens is 526 g/mol. The lowest BCUT2D eigenvalue weighted by Gasteiger charge is -2.35. The minimum Gasteiger partial charge on any atom is -0.299 e. The van der Waals surface area contributed by atoms with Crippen molar-refractivity contribution in [1.82, 2.24) is 4.98 Å². The van der Waals surface area contributed by atoms with Crippen molar-refractivity contribution in [2.45, 2.75) is 30.9 Å². The molecule has 6 nitrogen and oxygen atoms in total. The fourth-order valence-electron chi connectivity index (χ4n) is 6.83. The molecule has 0 saturated heterocycles. The molecule has 8 atom stereocenters. The highest BCUT2D eigenvalue weighted by molar-refractivity contribution is 5.95. The van der Waals surface area contributed by atoms with Crippen LogP contribution in [0.15, 0.2) is 24.4 Å². The molecule has 39 heavy (non-hydrogen) atoms. The number of hydrogen-bond donors (Lipinski definition) is 0. The quantitative estimate of drug-likeness (QED) is 0.495. The average molecular weight is 542 g/mol. The first-order chi connectivity index (χ1) is 18.4. The first-order valence-corrected chi connectivity index (χ1v) is 11.9. The molecule has 12 heteroatoms. The van der Waals surface area contributed by atoms with Crippen molar-refractivity contribution in [3.05, 3.63) is 64.2 Å². The number of ketones is 2. The number of pyridine rings is 1. The minimum absolute atomic E-state index is 0.00118. The summed E-state index contributed by atoms with van der Waals surface area (Å²) < 4.78 is 82.9. The summed E-state index contributed by atoms with van der Waals surface area (Å²) >= 11 is 0. The predicted octanol–water partition coefficient (Wildman–Crippen LogP) is 4.96. The van der Waals surface area contributed by atoms with E-state index in [4.69, 9.17) is 5.26 Å². The van der Waals surface area contributed by atoms with Gasteiger partial charge in [0, 0.05) is 23.0 Å². The van der Waals surface area contributed by atoms with Crippen LogP contribution in [-0.4, -0.2) is 16.6 Å². The number of benzene rings is 1. The van der Waals surface area contributed by atoms with Crippen LogP contribution in [0.1, 0.15) is 47.1 Å². The van der Waals surface area contributed by atoms with E-state index in [2.05, 4.69) is 4.98 Å². The molecule has 3 aliphatic carbocycles. The third-order valence-electron chi connectivity index (χ3n) is 8.43. The van der Waals surface area contributed by atoms with Crippen molar-refractivity contribution in [3.8, 4) is 18.2 Å². The second-order valence-electron chi connectivity index (χ2n) is 10.1. The standard InChI is InChI=1S/C27H16F6N4O2/c28-20-5-19(27(31,32)33)21(29)4-16(20)24-18(8-36)12-2-11-13(3-14(12)26(24)39)25(38)23(17(11)7-35)15-1-10(6-34)37-9-22(15)30/h1,4-5,9,11-14,17-18,23-24H,2-3H2. The van der Waals surface area contributed by atoms with Gasteiger partial charge in [-0.3, -0.25) is 9.59 Å². The van der Waals surface area contributed by atoms with Gasteiger partial charge in [-0.2, -0.15) is 29.0 Å². The Labute approximate surface area is 217 Å². The number of fused-ring (bicyclic) bond motifs is 2. The second kappa shape index (κ2) is 9.20. The van der Waals surface area contributed by atoms with Crippen molar-refractivity contribution in [1.29, 1.82) is 15.8 Å². The van der Waals surface area contributed by atoms with Crippen molar-refractivity contribution in [2.24, 2.45) is 35.5 Å². The summed E-state index contributed by atoms with van der Waals surface area (Å²) in [7, 11) is 0. The van der Waals surface area contributed by atoms with Gasteiger partial charge in [0.15, 0.2) is 0 Å². The molecule has 5 rings (SSSR count). The third-order valence-corrected chi connectivity index (χ3v) is 8.43. The maximum atomic E-state index is 14.8. The van der Waals surface area contributed by atoms with Crippen LogP contribution < -0.4 is 0 Å². The van der Waals surface area contributed by atoms with E-state index in [-0.39, 0.29) is 30.2 Å². The van der Waals surface area contributed by atoms with E-state index in [1.807, 2.05) is 12.1 Å². The van der Waals surface area contributed by atoms with Gasteiger partial charge in [0.2, 0.25) is 0 Å². The molecule has 0 bridgehead atoms. The van der Waals surface area contributed by atoms with Gasteiger partial charge in [0.25, 0.3) is 0 Å². The molecule has 1 aromatic carbocycles. The van der Waals surface area contributed by atoms with E-state index >= 15 is 0 Å². The summed E-state index contributed by atoms with van der Waals surface area (Å²) in [4.78, 5) is 30.5. The summed E-state index contributed by atoms with van der Waals surface area (Å²) in [6.45, 7) is 0. The van der Waals surface area contributed by atoms with Crippen LogP contribution in [0.5, 0.6) is 0 Å². The second-order valence-corrected chi connectivity index (χ2v) is 10.1. The predicted molar refractivity (Wildman–Crippen MR) is 117 cm³/mol. The Balaban J connectivity index is 1.51. The molecule has 198 valence electrons. The molecule has 1 heterocycles. The Morgan fingerprint density at radius 1 is 0.769 bits per heavy atom. The maximum Gasteiger partial charge on any atom is 0.419 e. The monoisotopic (exact) mass is 542 g/mol. The number of alkyl halides is 3.